The number of carbonyl (C=O) groups is 1. The second-order valence-electron chi connectivity index (χ2n) is 7.13. The SMILES string of the molecule is CCOc1c(Br)cc(/C=N/NC(=O)Cn2cnc3sc(-c4ccccc4)cc3c2=O)cc1OC. The molecule has 2 aromatic heterocycles. The predicted octanol–water partition coefficient (Wildman–Crippen LogP) is 4.45. The molecule has 2 aromatic carbocycles. The highest BCUT2D eigenvalue weighted by Crippen LogP contribution is 2.36. The molecule has 0 saturated carbocycles. The number of amides is 1. The number of benzene rings is 2. The predicted molar refractivity (Wildman–Crippen MR) is 137 cm³/mol. The van der Waals surface area contributed by atoms with Crippen LogP contribution in [0.1, 0.15) is 12.5 Å². The van der Waals surface area contributed by atoms with Gasteiger partial charge in [-0.05, 0) is 52.2 Å². The molecule has 34 heavy (non-hydrogen) atoms. The minimum atomic E-state index is -0.449. The van der Waals surface area contributed by atoms with E-state index in [1.807, 2.05) is 43.3 Å². The first-order chi connectivity index (χ1) is 16.5. The van der Waals surface area contributed by atoms with Crippen molar-refractivity contribution in [3.63, 3.8) is 0 Å². The second-order valence-corrected chi connectivity index (χ2v) is 9.02. The van der Waals surface area contributed by atoms with Gasteiger partial charge >= 0.3 is 0 Å². The van der Waals surface area contributed by atoms with Crippen LogP contribution in [-0.4, -0.2) is 35.4 Å². The van der Waals surface area contributed by atoms with Crippen molar-refractivity contribution < 1.29 is 14.3 Å². The molecule has 1 amide bonds. The van der Waals surface area contributed by atoms with E-state index in [1.54, 1.807) is 19.2 Å². The molecular formula is C24H21BrN4O4S. The van der Waals surface area contributed by atoms with Gasteiger partial charge in [0.1, 0.15) is 11.4 Å². The lowest BCUT2D eigenvalue weighted by molar-refractivity contribution is -0.121. The first kappa shape index (κ1) is 23.7. The zero-order valence-electron chi connectivity index (χ0n) is 18.4. The summed E-state index contributed by atoms with van der Waals surface area (Å²) in [5.74, 6) is 0.688. The van der Waals surface area contributed by atoms with Crippen LogP contribution >= 0.6 is 27.3 Å². The zero-order chi connectivity index (χ0) is 24.1. The minimum Gasteiger partial charge on any atom is -0.493 e. The van der Waals surface area contributed by atoms with Gasteiger partial charge in [-0.15, -0.1) is 11.3 Å². The van der Waals surface area contributed by atoms with Gasteiger partial charge in [0, 0.05) is 4.88 Å². The largest absolute Gasteiger partial charge is 0.493 e. The fraction of sp³-hybridized carbons (Fsp3) is 0.167. The molecule has 0 aliphatic rings. The van der Waals surface area contributed by atoms with Crippen molar-refractivity contribution in [2.24, 2.45) is 5.10 Å². The average molecular weight is 541 g/mol. The number of nitrogens with one attached hydrogen (secondary N) is 1. The number of aromatic nitrogens is 2. The summed E-state index contributed by atoms with van der Waals surface area (Å²) < 4.78 is 12.9. The number of thiophene rings is 1. The van der Waals surface area contributed by atoms with Gasteiger partial charge < -0.3 is 9.47 Å². The molecule has 0 radical (unpaired) electrons. The van der Waals surface area contributed by atoms with Gasteiger partial charge in [0.15, 0.2) is 11.5 Å². The van der Waals surface area contributed by atoms with E-state index in [0.29, 0.717) is 38.4 Å². The fourth-order valence-corrected chi connectivity index (χ4v) is 4.85. The molecule has 0 aliphatic heterocycles. The topological polar surface area (TPSA) is 94.8 Å². The van der Waals surface area contributed by atoms with Crippen LogP contribution in [0.4, 0.5) is 0 Å². The van der Waals surface area contributed by atoms with E-state index in [1.165, 1.54) is 28.4 Å². The van der Waals surface area contributed by atoms with Crippen LogP contribution in [0.25, 0.3) is 20.7 Å². The summed E-state index contributed by atoms with van der Waals surface area (Å²) in [5.41, 5.74) is 3.87. The fourth-order valence-electron chi connectivity index (χ4n) is 3.28. The molecule has 0 spiro atoms. The molecule has 4 aromatic rings. The highest BCUT2D eigenvalue weighted by atomic mass is 79.9. The van der Waals surface area contributed by atoms with E-state index in [2.05, 4.69) is 31.4 Å². The maximum Gasteiger partial charge on any atom is 0.262 e. The number of ether oxygens (including phenoxy) is 2. The molecule has 10 heteroatoms. The molecule has 0 fully saturated rings. The standard InChI is InChI=1S/C24H21BrN4O4S/c1-3-33-22-18(25)9-15(10-19(22)32-2)12-27-28-21(30)13-29-14-26-23-17(24(29)31)11-20(34-23)16-7-5-4-6-8-16/h4-12,14H,3,13H2,1-2H3,(H,28,30)/b27-12+. The Labute approximate surface area is 208 Å². The van der Waals surface area contributed by atoms with Crippen molar-refractivity contribution in [1.29, 1.82) is 0 Å². The number of rotatable bonds is 8. The van der Waals surface area contributed by atoms with Gasteiger partial charge in [-0.2, -0.15) is 5.10 Å². The smallest absolute Gasteiger partial charge is 0.262 e. The molecule has 174 valence electrons. The third-order valence-corrected chi connectivity index (χ3v) is 6.51. The molecule has 0 atom stereocenters. The lowest BCUT2D eigenvalue weighted by atomic mass is 10.2. The summed E-state index contributed by atoms with van der Waals surface area (Å²) in [7, 11) is 1.55. The first-order valence-electron chi connectivity index (χ1n) is 10.4. The molecule has 0 saturated heterocycles. The first-order valence-corrected chi connectivity index (χ1v) is 12.0. The number of methoxy groups -OCH3 is 1. The Morgan fingerprint density at radius 2 is 2.06 bits per heavy atom. The maximum atomic E-state index is 12.9. The average Bonchev–Trinajstić information content (AvgIpc) is 3.28. The van der Waals surface area contributed by atoms with Crippen LogP contribution in [0.3, 0.4) is 0 Å². The van der Waals surface area contributed by atoms with Crippen molar-refractivity contribution in [2.45, 2.75) is 13.5 Å². The molecule has 1 N–H and O–H groups in total. The van der Waals surface area contributed by atoms with Crippen LogP contribution in [0.5, 0.6) is 11.5 Å². The van der Waals surface area contributed by atoms with Gasteiger partial charge in [-0.1, -0.05) is 30.3 Å². The normalized spacial score (nSPS) is 11.1. The van der Waals surface area contributed by atoms with Crippen molar-refractivity contribution in [3.8, 4) is 21.9 Å². The summed E-state index contributed by atoms with van der Waals surface area (Å²) in [6.07, 6.45) is 2.86. The Bertz CT molecular complexity index is 1420. The van der Waals surface area contributed by atoms with E-state index in [9.17, 15) is 9.59 Å². The summed E-state index contributed by atoms with van der Waals surface area (Å²) in [6, 6.07) is 15.1. The van der Waals surface area contributed by atoms with E-state index in [4.69, 9.17) is 9.47 Å². The van der Waals surface area contributed by atoms with Crippen molar-refractivity contribution >= 4 is 49.6 Å². The second kappa shape index (κ2) is 10.6. The Morgan fingerprint density at radius 1 is 1.26 bits per heavy atom. The Balaban J connectivity index is 1.46. The number of carbonyl (C=O) groups excluding carboxylic acids is 1. The maximum absolute atomic E-state index is 12.9. The zero-order valence-corrected chi connectivity index (χ0v) is 20.9. The Hall–Kier alpha value is -3.50. The highest BCUT2D eigenvalue weighted by molar-refractivity contribution is 9.10. The van der Waals surface area contributed by atoms with Crippen molar-refractivity contribution in [1.82, 2.24) is 15.0 Å². The van der Waals surface area contributed by atoms with Gasteiger partial charge in [0.2, 0.25) is 0 Å². The van der Waals surface area contributed by atoms with Crippen molar-refractivity contribution in [3.05, 3.63) is 75.2 Å². The van der Waals surface area contributed by atoms with Crippen LogP contribution in [-0.2, 0) is 11.3 Å². The summed E-state index contributed by atoms with van der Waals surface area (Å²) in [4.78, 5) is 31.2. The number of hydrazone groups is 1. The van der Waals surface area contributed by atoms with Crippen LogP contribution in [0.15, 0.2) is 69.2 Å². The highest BCUT2D eigenvalue weighted by Gasteiger charge is 2.13. The minimum absolute atomic E-state index is 0.202. The summed E-state index contributed by atoms with van der Waals surface area (Å²) >= 11 is 4.89. The van der Waals surface area contributed by atoms with E-state index < -0.39 is 5.91 Å². The third-order valence-electron chi connectivity index (χ3n) is 4.83. The molecular weight excluding hydrogens is 520 g/mol. The van der Waals surface area contributed by atoms with Crippen molar-refractivity contribution in [2.75, 3.05) is 13.7 Å². The lowest BCUT2D eigenvalue weighted by Gasteiger charge is -2.12. The molecule has 4 rings (SSSR count). The number of nitrogens with zero attached hydrogens (tertiary/aromatic N) is 3. The Kier molecular flexibility index (Phi) is 7.39. The van der Waals surface area contributed by atoms with Gasteiger partial charge in [0.25, 0.3) is 11.5 Å². The third kappa shape index (κ3) is 5.18. The molecule has 0 aliphatic carbocycles. The molecule has 2 heterocycles. The van der Waals surface area contributed by atoms with E-state index in [0.717, 1.165) is 10.4 Å². The van der Waals surface area contributed by atoms with Gasteiger partial charge in [-0.25, -0.2) is 10.4 Å². The summed E-state index contributed by atoms with van der Waals surface area (Å²) in [6.45, 7) is 2.18. The molecule has 8 nitrogen and oxygen atoms in total. The number of hydrogen-bond donors (Lipinski definition) is 1. The van der Waals surface area contributed by atoms with Crippen LogP contribution in [0.2, 0.25) is 0 Å². The lowest BCUT2D eigenvalue weighted by Crippen LogP contribution is -2.29. The van der Waals surface area contributed by atoms with Gasteiger partial charge in [-0.3, -0.25) is 14.2 Å². The van der Waals surface area contributed by atoms with Crippen LogP contribution in [0, 0.1) is 0 Å². The number of fused-ring (bicyclic) bond motifs is 1. The number of hydrogen-bond acceptors (Lipinski definition) is 7. The van der Waals surface area contributed by atoms with Crippen LogP contribution < -0.4 is 20.5 Å². The van der Waals surface area contributed by atoms with Gasteiger partial charge in [0.05, 0.1) is 36.1 Å². The van der Waals surface area contributed by atoms with E-state index >= 15 is 0 Å². The monoisotopic (exact) mass is 540 g/mol. The summed E-state index contributed by atoms with van der Waals surface area (Å²) in [5, 5.41) is 4.47. The quantitative estimate of drug-likeness (QED) is 0.263. The number of halogens is 1. The van der Waals surface area contributed by atoms with E-state index in [-0.39, 0.29) is 12.1 Å². The molecule has 0 unspecified atom stereocenters. The Morgan fingerprint density at radius 3 is 2.79 bits per heavy atom. The molecule has 0 bridgehead atoms.